The van der Waals surface area contributed by atoms with Crippen molar-refractivity contribution in [1.29, 1.82) is 0 Å². The van der Waals surface area contributed by atoms with Crippen LogP contribution in [0.3, 0.4) is 0 Å². The van der Waals surface area contributed by atoms with Gasteiger partial charge in [0.05, 0.1) is 10.2 Å². The predicted molar refractivity (Wildman–Crippen MR) is 85.1 cm³/mol. The van der Waals surface area contributed by atoms with Gasteiger partial charge in [0.2, 0.25) is 5.91 Å². The molecular formula is C16H15N3OS. The third-order valence-corrected chi connectivity index (χ3v) is 4.19. The van der Waals surface area contributed by atoms with Crippen LogP contribution >= 0.6 is 11.3 Å². The highest BCUT2D eigenvalue weighted by molar-refractivity contribution is 7.18. The summed E-state index contributed by atoms with van der Waals surface area (Å²) in [7, 11) is 0. The number of nitrogens with zero attached hydrogens (tertiary/aromatic N) is 1. The Kier molecular flexibility index (Phi) is 3.94. The maximum absolute atomic E-state index is 11.1. The molecule has 0 unspecified atom stereocenters. The Bertz CT molecular complexity index is 749. The van der Waals surface area contributed by atoms with Crippen molar-refractivity contribution < 1.29 is 4.79 Å². The summed E-state index contributed by atoms with van der Waals surface area (Å²) in [5, 5.41) is 4.40. The summed E-state index contributed by atoms with van der Waals surface area (Å²) in [6.45, 7) is 1.39. The minimum atomic E-state index is -0.400. The summed E-state index contributed by atoms with van der Waals surface area (Å²) in [4.78, 5) is 15.7. The molecule has 1 amide bonds. The number of primary amides is 1. The lowest BCUT2D eigenvalue weighted by Crippen LogP contribution is -2.14. The predicted octanol–water partition coefficient (Wildman–Crippen LogP) is 2.69. The maximum atomic E-state index is 11.1. The van der Waals surface area contributed by atoms with Crippen molar-refractivity contribution in [1.82, 2.24) is 10.3 Å². The molecule has 1 heterocycles. The van der Waals surface area contributed by atoms with Crippen LogP contribution in [0.2, 0.25) is 0 Å². The minimum absolute atomic E-state index is 0.400. The number of carbonyl (C=O) groups excluding carboxylic acids is 1. The van der Waals surface area contributed by atoms with Crippen molar-refractivity contribution in [2.75, 3.05) is 0 Å². The molecule has 0 aliphatic heterocycles. The summed E-state index contributed by atoms with van der Waals surface area (Å²) in [5.74, 6) is -0.400. The molecule has 0 aliphatic carbocycles. The molecule has 0 radical (unpaired) electrons. The number of rotatable bonds is 5. The first-order chi connectivity index (χ1) is 10.2. The molecule has 3 aromatic rings. The van der Waals surface area contributed by atoms with Gasteiger partial charge in [0.15, 0.2) is 0 Å². The Balaban J connectivity index is 1.63. The van der Waals surface area contributed by atoms with Crippen molar-refractivity contribution in [3.8, 4) is 0 Å². The molecule has 0 saturated carbocycles. The summed E-state index contributed by atoms with van der Waals surface area (Å²) in [6, 6.07) is 15.5. The first kappa shape index (κ1) is 13.7. The molecule has 0 fully saturated rings. The Labute approximate surface area is 126 Å². The van der Waals surface area contributed by atoms with E-state index in [0.29, 0.717) is 18.7 Å². The topological polar surface area (TPSA) is 68.0 Å². The Morgan fingerprint density at radius 3 is 2.81 bits per heavy atom. The van der Waals surface area contributed by atoms with Gasteiger partial charge in [-0.25, -0.2) is 4.98 Å². The van der Waals surface area contributed by atoms with Crippen LogP contribution in [0, 0.1) is 0 Å². The summed E-state index contributed by atoms with van der Waals surface area (Å²) in [6.07, 6.45) is 0. The molecule has 0 aliphatic rings. The van der Waals surface area contributed by atoms with E-state index in [2.05, 4.69) is 16.4 Å². The van der Waals surface area contributed by atoms with Gasteiger partial charge >= 0.3 is 0 Å². The Morgan fingerprint density at radius 2 is 2.00 bits per heavy atom. The first-order valence-electron chi connectivity index (χ1n) is 6.66. The van der Waals surface area contributed by atoms with Crippen LogP contribution in [0.25, 0.3) is 10.2 Å². The van der Waals surface area contributed by atoms with Gasteiger partial charge in [-0.1, -0.05) is 24.3 Å². The first-order valence-corrected chi connectivity index (χ1v) is 7.48. The van der Waals surface area contributed by atoms with Gasteiger partial charge in [-0.15, -0.1) is 11.3 Å². The highest BCUT2D eigenvalue weighted by atomic mass is 32.1. The van der Waals surface area contributed by atoms with Crippen LogP contribution in [0.5, 0.6) is 0 Å². The Morgan fingerprint density at radius 1 is 1.14 bits per heavy atom. The lowest BCUT2D eigenvalue weighted by atomic mass is 10.1. The minimum Gasteiger partial charge on any atom is -0.366 e. The van der Waals surface area contributed by atoms with Crippen LogP contribution in [0.4, 0.5) is 0 Å². The number of amides is 1. The fourth-order valence-corrected chi connectivity index (χ4v) is 3.08. The van der Waals surface area contributed by atoms with E-state index in [0.717, 1.165) is 16.1 Å². The third kappa shape index (κ3) is 3.26. The van der Waals surface area contributed by atoms with Crippen LogP contribution in [0.15, 0.2) is 48.5 Å². The number of nitrogens with one attached hydrogen (secondary N) is 1. The zero-order valence-corrected chi connectivity index (χ0v) is 12.2. The van der Waals surface area contributed by atoms with Crippen molar-refractivity contribution in [2.24, 2.45) is 5.73 Å². The number of thiazole rings is 1. The van der Waals surface area contributed by atoms with E-state index in [1.807, 2.05) is 36.4 Å². The smallest absolute Gasteiger partial charge is 0.248 e. The van der Waals surface area contributed by atoms with Gasteiger partial charge in [0.1, 0.15) is 5.01 Å². The molecule has 2 aromatic carbocycles. The standard InChI is InChI=1S/C16H15N3OS/c17-16(20)12-5-3-4-11(8-12)9-18-10-15-19-13-6-1-2-7-14(13)21-15/h1-8,18H,9-10H2,(H2,17,20). The average Bonchev–Trinajstić information content (AvgIpc) is 2.90. The molecule has 5 heteroatoms. The zero-order chi connectivity index (χ0) is 14.7. The van der Waals surface area contributed by atoms with E-state index >= 15 is 0 Å². The lowest BCUT2D eigenvalue weighted by molar-refractivity contribution is 0.1000. The maximum Gasteiger partial charge on any atom is 0.248 e. The number of benzene rings is 2. The molecule has 0 atom stereocenters. The number of nitrogens with two attached hydrogens (primary N) is 1. The van der Waals surface area contributed by atoms with Crippen molar-refractivity contribution in [3.63, 3.8) is 0 Å². The average molecular weight is 297 g/mol. The largest absolute Gasteiger partial charge is 0.366 e. The van der Waals surface area contributed by atoms with Gasteiger partial charge in [0.25, 0.3) is 0 Å². The quantitative estimate of drug-likeness (QED) is 0.761. The van der Waals surface area contributed by atoms with E-state index in [-0.39, 0.29) is 0 Å². The monoisotopic (exact) mass is 297 g/mol. The molecule has 3 N–H and O–H groups in total. The van der Waals surface area contributed by atoms with Crippen LogP contribution in [-0.2, 0) is 13.1 Å². The molecule has 3 rings (SSSR count). The van der Waals surface area contributed by atoms with Crippen molar-refractivity contribution in [2.45, 2.75) is 13.1 Å². The van der Waals surface area contributed by atoms with Crippen LogP contribution in [0.1, 0.15) is 20.9 Å². The third-order valence-electron chi connectivity index (χ3n) is 3.16. The molecular weight excluding hydrogens is 282 g/mol. The number of para-hydroxylation sites is 1. The second-order valence-corrected chi connectivity index (χ2v) is 5.86. The van der Waals surface area contributed by atoms with E-state index in [4.69, 9.17) is 5.73 Å². The van der Waals surface area contributed by atoms with Crippen LogP contribution < -0.4 is 11.1 Å². The van der Waals surface area contributed by atoms with Crippen molar-refractivity contribution in [3.05, 3.63) is 64.7 Å². The molecule has 21 heavy (non-hydrogen) atoms. The number of fused-ring (bicyclic) bond motifs is 1. The fraction of sp³-hybridized carbons (Fsp3) is 0.125. The molecule has 0 saturated heterocycles. The van der Waals surface area contributed by atoms with Gasteiger partial charge in [-0.2, -0.15) is 0 Å². The Hall–Kier alpha value is -2.24. The second-order valence-electron chi connectivity index (χ2n) is 4.74. The van der Waals surface area contributed by atoms with E-state index < -0.39 is 5.91 Å². The number of carbonyl (C=O) groups is 1. The zero-order valence-electron chi connectivity index (χ0n) is 11.4. The highest BCUT2D eigenvalue weighted by Gasteiger charge is 2.04. The summed E-state index contributed by atoms with van der Waals surface area (Å²) >= 11 is 1.69. The fourth-order valence-electron chi connectivity index (χ4n) is 2.14. The summed E-state index contributed by atoms with van der Waals surface area (Å²) in [5.41, 5.74) is 7.89. The van der Waals surface area contributed by atoms with Gasteiger partial charge in [-0.05, 0) is 29.8 Å². The second kappa shape index (κ2) is 6.03. The lowest BCUT2D eigenvalue weighted by Gasteiger charge is -2.04. The molecule has 1 aromatic heterocycles. The van der Waals surface area contributed by atoms with Crippen LogP contribution in [-0.4, -0.2) is 10.9 Å². The number of aromatic nitrogens is 1. The molecule has 0 bridgehead atoms. The molecule has 4 nitrogen and oxygen atoms in total. The number of hydrogen-bond donors (Lipinski definition) is 2. The van der Waals surface area contributed by atoms with E-state index in [9.17, 15) is 4.79 Å². The van der Waals surface area contributed by atoms with Gasteiger partial charge < -0.3 is 11.1 Å². The normalized spacial score (nSPS) is 10.9. The highest BCUT2D eigenvalue weighted by Crippen LogP contribution is 2.21. The van der Waals surface area contributed by atoms with Gasteiger partial charge in [-0.3, -0.25) is 4.79 Å². The van der Waals surface area contributed by atoms with Crippen molar-refractivity contribution >= 4 is 27.5 Å². The number of hydrogen-bond acceptors (Lipinski definition) is 4. The SMILES string of the molecule is NC(=O)c1cccc(CNCc2nc3ccccc3s2)c1. The molecule has 0 spiro atoms. The van der Waals surface area contributed by atoms with Gasteiger partial charge in [0, 0.05) is 18.7 Å². The van der Waals surface area contributed by atoms with E-state index in [1.54, 1.807) is 17.4 Å². The van der Waals surface area contributed by atoms with E-state index in [1.165, 1.54) is 4.70 Å². The summed E-state index contributed by atoms with van der Waals surface area (Å²) < 4.78 is 1.20. The molecule has 106 valence electrons.